The Balaban J connectivity index is 1.66. The molecule has 1 aliphatic rings. The molecule has 1 fully saturated rings. The monoisotopic (exact) mass is 332 g/mol. The second-order valence-electron chi connectivity index (χ2n) is 6.89. The summed E-state index contributed by atoms with van der Waals surface area (Å²) in [6, 6.07) is 21.9. The van der Waals surface area contributed by atoms with Crippen molar-refractivity contribution in [1.82, 2.24) is 0 Å². The van der Waals surface area contributed by atoms with Crippen molar-refractivity contribution in [2.24, 2.45) is 5.92 Å². The Morgan fingerprint density at radius 3 is 2.16 bits per heavy atom. The Labute approximate surface area is 152 Å². The first kappa shape index (κ1) is 17.5. The molecule has 1 nitrogen and oxygen atoms in total. The van der Waals surface area contributed by atoms with Gasteiger partial charge in [-0.25, -0.2) is 0 Å². The Kier molecular flexibility index (Phi) is 5.75. The average Bonchev–Trinajstić information content (AvgIpc) is 3.41. The molecule has 0 spiro atoms. The third-order valence-corrected chi connectivity index (χ3v) is 5.29. The van der Waals surface area contributed by atoms with Crippen LogP contribution in [-0.2, 0) is 10.2 Å². The van der Waals surface area contributed by atoms with Gasteiger partial charge in [0.15, 0.2) is 0 Å². The summed E-state index contributed by atoms with van der Waals surface area (Å²) in [5.41, 5.74) is 3.05. The molecule has 1 atom stereocenters. The van der Waals surface area contributed by atoms with Crippen molar-refractivity contribution in [1.29, 1.82) is 0 Å². The molecule has 2 aromatic rings. The first-order valence-electron chi connectivity index (χ1n) is 9.26. The number of allylic oxidation sites excluding steroid dienone is 4. The lowest BCUT2D eigenvalue weighted by molar-refractivity contribution is 0.291. The summed E-state index contributed by atoms with van der Waals surface area (Å²) in [6.45, 7) is 2.01. The van der Waals surface area contributed by atoms with Crippen molar-refractivity contribution >= 4 is 0 Å². The molecule has 129 valence electrons. The van der Waals surface area contributed by atoms with Crippen LogP contribution in [0.15, 0.2) is 84.7 Å². The minimum atomic E-state index is 0.172. The minimum absolute atomic E-state index is 0.172. The molecule has 0 saturated heterocycles. The van der Waals surface area contributed by atoms with Crippen molar-refractivity contribution in [3.8, 4) is 0 Å². The molecule has 0 heterocycles. The maximum Gasteiger partial charge on any atom is 0.312 e. The summed E-state index contributed by atoms with van der Waals surface area (Å²) in [6.07, 6.45) is 11.6. The molecule has 0 N–H and O–H groups in total. The smallest absolute Gasteiger partial charge is 0.263 e. The number of rotatable bonds is 8. The standard InChI is InChI=1S/C24H28O/c1-20(25-2)13-7-3-4-8-18-23-19-24(23,21-14-9-5-10-15-21)22-16-11-6-12-17-22/h5-6,8-18,23H,3-4,7,19H2,1-2H3/q+1/b18-8+,20-13?. The number of methoxy groups -OCH3 is 1. The number of hydrogen-bond donors (Lipinski definition) is 0. The zero-order valence-electron chi connectivity index (χ0n) is 15.3. The van der Waals surface area contributed by atoms with Gasteiger partial charge in [-0.05, 0) is 42.7 Å². The second-order valence-corrected chi connectivity index (χ2v) is 6.89. The Hall–Kier alpha value is -2.28. The van der Waals surface area contributed by atoms with Crippen LogP contribution in [0.5, 0.6) is 0 Å². The molecule has 1 saturated carbocycles. The van der Waals surface area contributed by atoms with E-state index in [4.69, 9.17) is 4.74 Å². The van der Waals surface area contributed by atoms with Gasteiger partial charge in [-0.15, -0.1) is 0 Å². The summed E-state index contributed by atoms with van der Waals surface area (Å²) in [5.74, 6) is 1.62. The van der Waals surface area contributed by atoms with E-state index in [0.717, 1.165) is 18.6 Å². The predicted molar refractivity (Wildman–Crippen MR) is 106 cm³/mol. The highest BCUT2D eigenvalue weighted by Crippen LogP contribution is 2.59. The van der Waals surface area contributed by atoms with Gasteiger partial charge < -0.3 is 0 Å². The van der Waals surface area contributed by atoms with E-state index in [1.165, 1.54) is 24.0 Å². The molecule has 25 heavy (non-hydrogen) atoms. The van der Waals surface area contributed by atoms with Crippen LogP contribution in [0.3, 0.4) is 0 Å². The van der Waals surface area contributed by atoms with Crippen molar-refractivity contribution in [3.63, 3.8) is 0 Å². The van der Waals surface area contributed by atoms with Crippen LogP contribution in [0.2, 0.25) is 0 Å². The van der Waals surface area contributed by atoms with Crippen LogP contribution >= 0.6 is 0 Å². The fourth-order valence-corrected chi connectivity index (χ4v) is 3.71. The van der Waals surface area contributed by atoms with E-state index in [9.17, 15) is 0 Å². The van der Waals surface area contributed by atoms with Gasteiger partial charge in [0.1, 0.15) is 0 Å². The van der Waals surface area contributed by atoms with Gasteiger partial charge >= 0.3 is 5.76 Å². The number of hydrogen-bond acceptors (Lipinski definition) is 1. The van der Waals surface area contributed by atoms with Crippen LogP contribution in [-0.4, -0.2) is 7.11 Å². The molecular weight excluding hydrogens is 304 g/mol. The van der Waals surface area contributed by atoms with Gasteiger partial charge in [0.25, 0.3) is 7.11 Å². The van der Waals surface area contributed by atoms with E-state index in [-0.39, 0.29) is 5.41 Å². The van der Waals surface area contributed by atoms with Crippen LogP contribution in [0.4, 0.5) is 0 Å². The first-order chi connectivity index (χ1) is 12.3. The normalized spacial score (nSPS) is 19.1. The molecule has 1 aliphatic carbocycles. The van der Waals surface area contributed by atoms with Crippen molar-refractivity contribution < 1.29 is 4.74 Å². The van der Waals surface area contributed by atoms with Crippen molar-refractivity contribution in [3.05, 3.63) is 95.8 Å². The van der Waals surface area contributed by atoms with Crippen molar-refractivity contribution in [2.45, 2.75) is 38.0 Å². The van der Waals surface area contributed by atoms with E-state index < -0.39 is 0 Å². The van der Waals surface area contributed by atoms with Gasteiger partial charge in [0, 0.05) is 11.5 Å². The second kappa shape index (κ2) is 8.20. The molecule has 0 aromatic heterocycles. The third kappa shape index (κ3) is 4.04. The van der Waals surface area contributed by atoms with Gasteiger partial charge in [-0.1, -0.05) is 72.8 Å². The quantitative estimate of drug-likeness (QED) is 0.240. The highest BCUT2D eigenvalue weighted by Gasteiger charge is 2.54. The molecular formula is C24H28O+. The van der Waals surface area contributed by atoms with Crippen LogP contribution in [0.25, 0.3) is 0 Å². The fourth-order valence-electron chi connectivity index (χ4n) is 3.71. The fraction of sp³-hybridized carbons (Fsp3) is 0.333. The topological polar surface area (TPSA) is 11.3 Å². The highest BCUT2D eigenvalue weighted by molar-refractivity contribution is 5.48. The maximum absolute atomic E-state index is 5.17. The number of unbranched alkanes of at least 4 members (excludes halogenated alkanes) is 2. The maximum atomic E-state index is 5.17. The third-order valence-electron chi connectivity index (χ3n) is 5.29. The zero-order valence-corrected chi connectivity index (χ0v) is 15.3. The average molecular weight is 332 g/mol. The lowest BCUT2D eigenvalue weighted by Gasteiger charge is -2.18. The Bertz CT molecular complexity index is 673. The minimum Gasteiger partial charge on any atom is -0.263 e. The predicted octanol–water partition coefficient (Wildman–Crippen LogP) is 6.27. The van der Waals surface area contributed by atoms with Crippen molar-refractivity contribution in [2.75, 3.05) is 7.11 Å². The summed E-state index contributed by atoms with van der Waals surface area (Å²) in [7, 11) is 1.73. The largest absolute Gasteiger partial charge is 0.312 e. The molecule has 1 heteroatoms. The molecule has 1 unspecified atom stereocenters. The molecule has 0 bridgehead atoms. The van der Waals surface area contributed by atoms with E-state index in [1.54, 1.807) is 7.11 Å². The Morgan fingerprint density at radius 2 is 1.60 bits per heavy atom. The first-order valence-corrected chi connectivity index (χ1v) is 9.26. The van der Waals surface area contributed by atoms with E-state index in [0.29, 0.717) is 5.92 Å². The van der Waals surface area contributed by atoms with Gasteiger partial charge in [-0.2, -0.15) is 0 Å². The molecule has 2 aromatic carbocycles. The number of ether oxygens (including phenoxy) is 1. The van der Waals surface area contributed by atoms with E-state index in [1.807, 2.05) is 6.92 Å². The molecule has 0 amide bonds. The molecule has 1 radical (unpaired) electrons. The van der Waals surface area contributed by atoms with Gasteiger partial charge in [-0.3, -0.25) is 4.74 Å². The summed E-state index contributed by atoms with van der Waals surface area (Å²) < 4.78 is 5.17. The lowest BCUT2D eigenvalue weighted by Crippen LogP contribution is -2.11. The molecule has 3 rings (SSSR count). The van der Waals surface area contributed by atoms with Gasteiger partial charge in [0.05, 0.1) is 6.92 Å². The lowest BCUT2D eigenvalue weighted by atomic mass is 9.85. The van der Waals surface area contributed by atoms with E-state index in [2.05, 4.69) is 78.9 Å². The van der Waals surface area contributed by atoms with Gasteiger partial charge in [0.2, 0.25) is 0 Å². The van der Waals surface area contributed by atoms with E-state index >= 15 is 0 Å². The SMILES string of the molecule is C[O+]C(C)=CCCC/C=C/C1CC1(c1ccccc1)c1ccccc1. The number of benzene rings is 2. The van der Waals surface area contributed by atoms with Crippen LogP contribution < -0.4 is 0 Å². The summed E-state index contributed by atoms with van der Waals surface area (Å²) in [5, 5.41) is 0. The van der Waals surface area contributed by atoms with Crippen LogP contribution in [0.1, 0.15) is 43.7 Å². The highest BCUT2D eigenvalue weighted by atomic mass is 16.5. The molecule has 0 aliphatic heterocycles. The zero-order chi connectivity index (χ0) is 17.5. The summed E-state index contributed by atoms with van der Waals surface area (Å²) >= 11 is 0. The van der Waals surface area contributed by atoms with Crippen LogP contribution in [0, 0.1) is 5.92 Å². The Morgan fingerprint density at radius 1 is 1.00 bits per heavy atom. The summed E-state index contributed by atoms with van der Waals surface area (Å²) in [4.78, 5) is 0.